The Labute approximate surface area is 367 Å². The van der Waals surface area contributed by atoms with Crippen LogP contribution in [0.15, 0.2) is 70.6 Å². The Hall–Kier alpha value is -3.80. The van der Waals surface area contributed by atoms with Gasteiger partial charge in [0.1, 0.15) is 0 Å². The first-order valence-electron chi connectivity index (χ1n) is 24.5. The van der Waals surface area contributed by atoms with Crippen LogP contribution in [0.5, 0.6) is 23.0 Å². The molecule has 0 N–H and O–H groups in total. The largest absolute Gasteiger partial charge is 0.493 e. The highest BCUT2D eigenvalue weighted by Gasteiger charge is 2.07. The molecular formula is C54H84N2O4. The van der Waals surface area contributed by atoms with Crippen molar-refractivity contribution in [3.05, 3.63) is 71.8 Å². The molecule has 334 valence electrons. The van der Waals surface area contributed by atoms with Crippen LogP contribution in [0.25, 0.3) is 0 Å². The third-order valence-electron chi connectivity index (χ3n) is 11.5. The second-order valence-corrected chi connectivity index (χ2v) is 16.7. The lowest BCUT2D eigenvalue weighted by molar-refractivity contribution is 0.284. The molecule has 0 amide bonds. The predicted molar refractivity (Wildman–Crippen MR) is 259 cm³/mol. The number of rotatable bonds is 38. The zero-order chi connectivity index (χ0) is 42.6. The van der Waals surface area contributed by atoms with E-state index in [9.17, 15) is 0 Å². The number of hydrogen-bond acceptors (Lipinski definition) is 6. The fourth-order valence-corrected chi connectivity index (χ4v) is 7.65. The summed E-state index contributed by atoms with van der Waals surface area (Å²) in [6.07, 6.45) is 41.6. The smallest absolute Gasteiger partial charge is 0.161 e. The van der Waals surface area contributed by atoms with Crippen LogP contribution in [0.2, 0.25) is 0 Å². The fraction of sp³-hybridized carbons (Fsp3) is 0.630. The Morgan fingerprint density at radius 1 is 0.350 bits per heavy atom. The summed E-state index contributed by atoms with van der Waals surface area (Å²) in [6, 6.07) is 19.9. The Balaban J connectivity index is 1.28. The molecule has 0 saturated carbocycles. The number of hydrogen-bond donors (Lipinski definition) is 0. The molecular weight excluding hydrogens is 741 g/mol. The first kappa shape index (κ1) is 50.6. The lowest BCUT2D eigenvalue weighted by atomic mass is 10.0. The fourth-order valence-electron chi connectivity index (χ4n) is 7.65. The summed E-state index contributed by atoms with van der Waals surface area (Å²) >= 11 is 0. The monoisotopic (exact) mass is 825 g/mol. The molecule has 0 atom stereocenters. The first-order chi connectivity index (χ1) is 29.7. The highest BCUT2D eigenvalue weighted by atomic mass is 16.5. The van der Waals surface area contributed by atoms with Crippen LogP contribution in [0.1, 0.15) is 205 Å². The zero-order valence-electron chi connectivity index (χ0n) is 38.7. The SMILES string of the molecule is CCCCCCCCCCCCCCCCOc1ccc(C=Nc2ccc(N=Cc3ccc(OCCCCCCCCCCCCCCCC)c(OC)c3)cc2)cc1OC. The van der Waals surface area contributed by atoms with Gasteiger partial charge in [-0.1, -0.05) is 181 Å². The second kappa shape index (κ2) is 34.9. The Bertz CT molecular complexity index is 1420. The molecule has 3 aromatic carbocycles. The van der Waals surface area contributed by atoms with E-state index in [1.165, 1.54) is 167 Å². The zero-order valence-corrected chi connectivity index (χ0v) is 38.7. The van der Waals surface area contributed by atoms with Gasteiger partial charge in [-0.2, -0.15) is 0 Å². The van der Waals surface area contributed by atoms with Gasteiger partial charge < -0.3 is 18.9 Å². The molecule has 0 bridgehead atoms. The van der Waals surface area contributed by atoms with Crippen molar-refractivity contribution in [1.29, 1.82) is 0 Å². The standard InChI is InChI=1S/C54H84N2O4/c1-5-7-9-11-13-15-17-19-21-23-25-27-29-31-41-59-51-39-33-47(43-53(51)57-3)45-55-49-35-37-50(38-36-49)56-46-48-34-40-52(54(44-48)58-4)60-42-32-30-28-26-24-22-20-18-16-14-12-10-8-6-2/h33-40,43-46H,5-32,41-42H2,1-4H3. The summed E-state index contributed by atoms with van der Waals surface area (Å²) in [5.74, 6) is 3.03. The normalized spacial score (nSPS) is 11.5. The molecule has 0 unspecified atom stereocenters. The Morgan fingerprint density at radius 2 is 0.633 bits per heavy atom. The van der Waals surface area contributed by atoms with Crippen molar-refractivity contribution in [3.63, 3.8) is 0 Å². The number of nitrogens with zero attached hydrogens (tertiary/aromatic N) is 2. The van der Waals surface area contributed by atoms with E-state index in [-0.39, 0.29) is 0 Å². The molecule has 60 heavy (non-hydrogen) atoms. The molecule has 6 nitrogen and oxygen atoms in total. The van der Waals surface area contributed by atoms with E-state index in [4.69, 9.17) is 18.9 Å². The summed E-state index contributed by atoms with van der Waals surface area (Å²) in [7, 11) is 3.38. The van der Waals surface area contributed by atoms with Crippen LogP contribution in [-0.4, -0.2) is 39.9 Å². The number of ether oxygens (including phenoxy) is 4. The minimum Gasteiger partial charge on any atom is -0.493 e. The van der Waals surface area contributed by atoms with Gasteiger partial charge in [0, 0.05) is 12.4 Å². The minimum absolute atomic E-state index is 0.712. The second-order valence-electron chi connectivity index (χ2n) is 16.7. The van der Waals surface area contributed by atoms with E-state index >= 15 is 0 Å². The van der Waals surface area contributed by atoms with Gasteiger partial charge >= 0.3 is 0 Å². The van der Waals surface area contributed by atoms with Crippen LogP contribution >= 0.6 is 0 Å². The minimum atomic E-state index is 0.712. The lowest BCUT2D eigenvalue weighted by Crippen LogP contribution is -2.00. The maximum absolute atomic E-state index is 6.09. The molecule has 0 aliphatic carbocycles. The van der Waals surface area contributed by atoms with Crippen molar-refractivity contribution < 1.29 is 18.9 Å². The molecule has 0 spiro atoms. The summed E-state index contributed by atoms with van der Waals surface area (Å²) in [5.41, 5.74) is 3.62. The third kappa shape index (κ3) is 23.8. The summed E-state index contributed by atoms with van der Waals surface area (Å²) < 4.78 is 23.5. The van der Waals surface area contributed by atoms with E-state index in [1.54, 1.807) is 14.2 Å². The lowest BCUT2D eigenvalue weighted by Gasteiger charge is -2.11. The van der Waals surface area contributed by atoms with E-state index in [0.29, 0.717) is 13.2 Å². The van der Waals surface area contributed by atoms with Gasteiger partial charge in [0.2, 0.25) is 0 Å². The highest BCUT2D eigenvalue weighted by Crippen LogP contribution is 2.30. The van der Waals surface area contributed by atoms with Gasteiger partial charge in [-0.25, -0.2) is 0 Å². The number of methoxy groups -OCH3 is 2. The number of aliphatic imine (C=N–C) groups is 2. The number of benzene rings is 3. The maximum Gasteiger partial charge on any atom is 0.161 e. The van der Waals surface area contributed by atoms with Gasteiger partial charge in [0.05, 0.1) is 38.8 Å². The Kier molecular flexibility index (Phi) is 29.4. The van der Waals surface area contributed by atoms with E-state index in [2.05, 4.69) is 23.8 Å². The van der Waals surface area contributed by atoms with Crippen molar-refractivity contribution in [2.24, 2.45) is 9.98 Å². The van der Waals surface area contributed by atoms with Gasteiger partial charge in [-0.05, 0) is 84.6 Å². The average molecular weight is 825 g/mol. The van der Waals surface area contributed by atoms with E-state index < -0.39 is 0 Å². The van der Waals surface area contributed by atoms with E-state index in [0.717, 1.165) is 58.3 Å². The van der Waals surface area contributed by atoms with Crippen LogP contribution in [-0.2, 0) is 0 Å². The average Bonchev–Trinajstić information content (AvgIpc) is 3.28. The van der Waals surface area contributed by atoms with Crippen LogP contribution in [0, 0.1) is 0 Å². The molecule has 0 radical (unpaired) electrons. The van der Waals surface area contributed by atoms with Crippen LogP contribution in [0.4, 0.5) is 11.4 Å². The molecule has 0 aromatic heterocycles. The number of unbranched alkanes of at least 4 members (excludes halogenated alkanes) is 26. The van der Waals surface area contributed by atoms with Crippen molar-refractivity contribution in [3.8, 4) is 23.0 Å². The van der Waals surface area contributed by atoms with Gasteiger partial charge in [-0.15, -0.1) is 0 Å². The van der Waals surface area contributed by atoms with Crippen molar-refractivity contribution in [2.75, 3.05) is 27.4 Å². The highest BCUT2D eigenvalue weighted by molar-refractivity contribution is 5.84. The topological polar surface area (TPSA) is 61.6 Å². The van der Waals surface area contributed by atoms with Crippen LogP contribution < -0.4 is 18.9 Å². The van der Waals surface area contributed by atoms with Gasteiger partial charge in [0.25, 0.3) is 0 Å². The summed E-state index contributed by atoms with van der Waals surface area (Å²) in [6.45, 7) is 6.00. The molecule has 3 aromatic rings. The van der Waals surface area contributed by atoms with Crippen molar-refractivity contribution in [2.45, 2.75) is 194 Å². The molecule has 0 fully saturated rings. The molecule has 0 heterocycles. The third-order valence-corrected chi connectivity index (χ3v) is 11.5. The first-order valence-corrected chi connectivity index (χ1v) is 24.5. The molecule has 3 rings (SSSR count). The molecule has 0 saturated heterocycles. The van der Waals surface area contributed by atoms with Crippen molar-refractivity contribution >= 4 is 23.8 Å². The summed E-state index contributed by atoms with van der Waals surface area (Å²) in [5, 5.41) is 0. The molecule has 6 heteroatoms. The van der Waals surface area contributed by atoms with Gasteiger partial charge in [0.15, 0.2) is 23.0 Å². The van der Waals surface area contributed by atoms with Crippen molar-refractivity contribution in [1.82, 2.24) is 0 Å². The summed E-state index contributed by atoms with van der Waals surface area (Å²) in [4.78, 5) is 9.37. The molecule has 0 aliphatic rings. The van der Waals surface area contributed by atoms with E-state index in [1.807, 2.05) is 73.1 Å². The van der Waals surface area contributed by atoms with Crippen LogP contribution in [0.3, 0.4) is 0 Å². The molecule has 0 aliphatic heterocycles. The quantitative estimate of drug-likeness (QED) is 0.0426. The maximum atomic E-state index is 6.09. The predicted octanol–water partition coefficient (Wildman–Crippen LogP) is 16.9. The Morgan fingerprint density at radius 3 is 0.917 bits per heavy atom. The van der Waals surface area contributed by atoms with Gasteiger partial charge in [-0.3, -0.25) is 9.98 Å².